The van der Waals surface area contributed by atoms with Crippen molar-refractivity contribution in [1.29, 1.82) is 0 Å². The fraction of sp³-hybridized carbons (Fsp3) is 0.368. The van der Waals surface area contributed by atoms with Crippen LogP contribution in [0, 0.1) is 0 Å². The van der Waals surface area contributed by atoms with E-state index in [1.165, 1.54) is 17.1 Å². The van der Waals surface area contributed by atoms with Crippen molar-refractivity contribution in [2.75, 3.05) is 32.7 Å². The molecule has 4 heterocycles. The summed E-state index contributed by atoms with van der Waals surface area (Å²) < 4.78 is 5.73. The SMILES string of the molecule is O=c1ccc(-c2ccncc2)nn1CCN1CCN(Cc2cnsc2)CC1. The van der Waals surface area contributed by atoms with E-state index >= 15 is 0 Å². The van der Waals surface area contributed by atoms with Crippen LogP contribution in [0.25, 0.3) is 11.3 Å². The van der Waals surface area contributed by atoms with Crippen molar-refractivity contribution >= 4 is 11.5 Å². The largest absolute Gasteiger partial charge is 0.299 e. The predicted molar refractivity (Wildman–Crippen MR) is 106 cm³/mol. The van der Waals surface area contributed by atoms with Gasteiger partial charge in [-0.25, -0.2) is 9.06 Å². The summed E-state index contributed by atoms with van der Waals surface area (Å²) in [6, 6.07) is 7.17. The minimum absolute atomic E-state index is 0.0589. The maximum absolute atomic E-state index is 12.2. The molecule has 27 heavy (non-hydrogen) atoms. The third-order valence-corrected chi connectivity index (χ3v) is 5.46. The smallest absolute Gasteiger partial charge is 0.266 e. The van der Waals surface area contributed by atoms with Gasteiger partial charge < -0.3 is 0 Å². The molecule has 0 amide bonds. The van der Waals surface area contributed by atoms with Gasteiger partial charge in [-0.15, -0.1) is 0 Å². The van der Waals surface area contributed by atoms with Gasteiger partial charge >= 0.3 is 0 Å². The van der Waals surface area contributed by atoms with Crippen molar-refractivity contribution in [2.45, 2.75) is 13.1 Å². The summed E-state index contributed by atoms with van der Waals surface area (Å²) in [6.45, 7) is 6.50. The van der Waals surface area contributed by atoms with Gasteiger partial charge in [0.1, 0.15) is 0 Å². The predicted octanol–water partition coefficient (Wildman–Crippen LogP) is 1.58. The molecule has 0 aromatic carbocycles. The van der Waals surface area contributed by atoms with Crippen LogP contribution in [-0.4, -0.2) is 61.7 Å². The summed E-state index contributed by atoms with van der Waals surface area (Å²) in [7, 11) is 0. The second-order valence-corrected chi connectivity index (χ2v) is 7.32. The van der Waals surface area contributed by atoms with Crippen LogP contribution in [0.1, 0.15) is 5.56 Å². The number of rotatable bonds is 6. The van der Waals surface area contributed by atoms with Crippen LogP contribution in [0.4, 0.5) is 0 Å². The summed E-state index contributed by atoms with van der Waals surface area (Å²) in [6.07, 6.45) is 5.42. The molecule has 8 heteroatoms. The zero-order valence-electron chi connectivity index (χ0n) is 15.1. The third-order valence-electron chi connectivity index (χ3n) is 4.83. The van der Waals surface area contributed by atoms with Gasteiger partial charge in [0, 0.05) is 74.9 Å². The average molecular weight is 382 g/mol. The van der Waals surface area contributed by atoms with Crippen LogP contribution in [-0.2, 0) is 13.1 Å². The zero-order chi connectivity index (χ0) is 18.5. The standard InChI is InChI=1S/C19H22N6OS/c26-19-2-1-18(17-3-5-20-6-4-17)22-25(19)12-11-23-7-9-24(10-8-23)14-16-13-21-27-15-16/h1-6,13,15H,7-12,14H2. The first-order valence-corrected chi connectivity index (χ1v) is 9.93. The molecule has 1 saturated heterocycles. The van der Waals surface area contributed by atoms with Crippen LogP contribution in [0.15, 0.2) is 53.0 Å². The highest BCUT2D eigenvalue weighted by Crippen LogP contribution is 2.13. The Morgan fingerprint density at radius 1 is 0.963 bits per heavy atom. The molecule has 1 aliphatic rings. The van der Waals surface area contributed by atoms with E-state index in [1.807, 2.05) is 18.3 Å². The van der Waals surface area contributed by atoms with Crippen molar-refractivity contribution in [1.82, 2.24) is 28.9 Å². The number of nitrogens with zero attached hydrogens (tertiary/aromatic N) is 6. The van der Waals surface area contributed by atoms with E-state index < -0.39 is 0 Å². The topological polar surface area (TPSA) is 67.2 Å². The van der Waals surface area contributed by atoms with Gasteiger partial charge in [-0.2, -0.15) is 5.10 Å². The Labute approximate surface area is 162 Å². The van der Waals surface area contributed by atoms with Gasteiger partial charge in [0.15, 0.2) is 0 Å². The Bertz CT molecular complexity index is 903. The van der Waals surface area contributed by atoms with Crippen LogP contribution in [0.5, 0.6) is 0 Å². The highest BCUT2D eigenvalue weighted by Gasteiger charge is 2.17. The second-order valence-electron chi connectivity index (χ2n) is 6.67. The molecule has 3 aromatic heterocycles. The van der Waals surface area contributed by atoms with Crippen molar-refractivity contribution in [3.05, 3.63) is 64.2 Å². The van der Waals surface area contributed by atoms with Gasteiger partial charge in [-0.05, 0) is 35.3 Å². The number of pyridine rings is 1. The first kappa shape index (κ1) is 18.0. The molecule has 0 saturated carbocycles. The number of hydrogen-bond acceptors (Lipinski definition) is 7. The van der Waals surface area contributed by atoms with Crippen molar-refractivity contribution < 1.29 is 0 Å². The fourth-order valence-electron chi connectivity index (χ4n) is 3.26. The average Bonchev–Trinajstić information content (AvgIpc) is 3.22. The van der Waals surface area contributed by atoms with Gasteiger partial charge in [-0.1, -0.05) is 0 Å². The molecule has 0 bridgehead atoms. The van der Waals surface area contributed by atoms with E-state index in [2.05, 4.69) is 29.6 Å². The van der Waals surface area contributed by atoms with E-state index in [1.54, 1.807) is 29.2 Å². The molecule has 0 spiro atoms. The van der Waals surface area contributed by atoms with Gasteiger partial charge in [0.05, 0.1) is 12.2 Å². The summed E-state index contributed by atoms with van der Waals surface area (Å²) >= 11 is 1.51. The Balaban J connectivity index is 1.32. The van der Waals surface area contributed by atoms with Gasteiger partial charge in [0.25, 0.3) is 5.56 Å². The molecule has 7 nitrogen and oxygen atoms in total. The number of piperazine rings is 1. The molecule has 0 aliphatic carbocycles. The molecule has 4 rings (SSSR count). The lowest BCUT2D eigenvalue weighted by atomic mass is 10.2. The molecule has 1 aliphatic heterocycles. The summed E-state index contributed by atoms with van der Waals surface area (Å²) in [5, 5.41) is 6.64. The molecule has 0 atom stereocenters. The van der Waals surface area contributed by atoms with Crippen LogP contribution in [0.2, 0.25) is 0 Å². The van der Waals surface area contributed by atoms with E-state index in [0.29, 0.717) is 6.54 Å². The molecule has 1 fully saturated rings. The summed E-state index contributed by atoms with van der Waals surface area (Å²) in [4.78, 5) is 21.0. The lowest BCUT2D eigenvalue weighted by molar-refractivity contribution is 0.123. The van der Waals surface area contributed by atoms with E-state index in [-0.39, 0.29) is 5.56 Å². The van der Waals surface area contributed by atoms with Crippen molar-refractivity contribution in [2.24, 2.45) is 0 Å². The lowest BCUT2D eigenvalue weighted by Crippen LogP contribution is -2.47. The second kappa shape index (κ2) is 8.51. The van der Waals surface area contributed by atoms with E-state index in [0.717, 1.165) is 50.5 Å². The van der Waals surface area contributed by atoms with E-state index in [9.17, 15) is 4.79 Å². The molecule has 0 unspecified atom stereocenters. The molecule has 140 valence electrons. The highest BCUT2D eigenvalue weighted by molar-refractivity contribution is 7.03. The van der Waals surface area contributed by atoms with Crippen LogP contribution >= 0.6 is 11.5 Å². The minimum Gasteiger partial charge on any atom is -0.299 e. The Hall–Kier alpha value is -2.42. The minimum atomic E-state index is -0.0589. The van der Waals surface area contributed by atoms with Crippen molar-refractivity contribution in [3.63, 3.8) is 0 Å². The molecular weight excluding hydrogens is 360 g/mol. The Morgan fingerprint density at radius 3 is 2.48 bits per heavy atom. The summed E-state index contributed by atoms with van der Waals surface area (Å²) in [5.41, 5.74) is 3.00. The quantitative estimate of drug-likeness (QED) is 0.645. The Morgan fingerprint density at radius 2 is 1.74 bits per heavy atom. The highest BCUT2D eigenvalue weighted by atomic mass is 32.1. The van der Waals surface area contributed by atoms with Crippen molar-refractivity contribution in [3.8, 4) is 11.3 Å². The third kappa shape index (κ3) is 4.65. The molecule has 0 radical (unpaired) electrons. The normalized spacial score (nSPS) is 15.9. The number of hydrogen-bond donors (Lipinski definition) is 0. The van der Waals surface area contributed by atoms with Gasteiger partial charge in [0.2, 0.25) is 0 Å². The van der Waals surface area contributed by atoms with Crippen LogP contribution in [0.3, 0.4) is 0 Å². The van der Waals surface area contributed by atoms with Crippen LogP contribution < -0.4 is 5.56 Å². The molecular formula is C19H22N6OS. The molecule has 3 aromatic rings. The maximum atomic E-state index is 12.2. The maximum Gasteiger partial charge on any atom is 0.266 e. The zero-order valence-corrected chi connectivity index (χ0v) is 15.9. The molecule has 0 N–H and O–H groups in total. The fourth-order valence-corrected chi connectivity index (χ4v) is 3.78. The number of aromatic nitrogens is 4. The summed E-state index contributed by atoms with van der Waals surface area (Å²) in [5.74, 6) is 0. The van der Waals surface area contributed by atoms with E-state index in [4.69, 9.17) is 0 Å². The lowest BCUT2D eigenvalue weighted by Gasteiger charge is -2.34. The first-order valence-electron chi connectivity index (χ1n) is 9.09. The Kier molecular flexibility index (Phi) is 5.66. The first-order chi connectivity index (χ1) is 13.3. The van der Waals surface area contributed by atoms with Gasteiger partial charge in [-0.3, -0.25) is 19.6 Å². The monoisotopic (exact) mass is 382 g/mol.